The molecule has 6 aliphatic rings. The molecule has 11 atom stereocenters. The van der Waals surface area contributed by atoms with Gasteiger partial charge in [0.2, 0.25) is 5.60 Å². The summed E-state index contributed by atoms with van der Waals surface area (Å²) >= 11 is 0. The van der Waals surface area contributed by atoms with Crippen molar-refractivity contribution in [3.63, 3.8) is 0 Å². The molecule has 2 spiro atoms. The Morgan fingerprint density at radius 1 is 1.18 bits per heavy atom. The van der Waals surface area contributed by atoms with E-state index < -0.39 is 58.9 Å². The molecule has 3 N–H and O–H groups in total. The van der Waals surface area contributed by atoms with Crippen molar-refractivity contribution < 1.29 is 39.1 Å². The summed E-state index contributed by atoms with van der Waals surface area (Å²) in [5.41, 5.74) is -5.56. The standard InChI is InChI=1S/C20H28O8/c1-8-7-25-11-6-17-10-5-9(16(2,3)4)18(17)12(21)13(22)27-15(18)28-20(17,14(23)26-10)19(8,11)24/h8-13,15,21-22,24H,5-7H2,1-4H3/t8-,9?,10?,11?,12+,13+,15?,17?,18?,19-,20-/m1/s1. The Bertz CT molecular complexity index is 779. The topological polar surface area (TPSA) is 115 Å². The molecule has 2 aliphatic carbocycles. The molecule has 28 heavy (non-hydrogen) atoms. The van der Waals surface area contributed by atoms with Gasteiger partial charge in [-0.25, -0.2) is 4.79 Å². The fourth-order valence-electron chi connectivity index (χ4n) is 8.30. The summed E-state index contributed by atoms with van der Waals surface area (Å²) in [6.45, 7) is 8.39. The number of aliphatic hydroxyl groups is 3. The van der Waals surface area contributed by atoms with Crippen LogP contribution in [-0.2, 0) is 23.7 Å². The Labute approximate surface area is 163 Å². The Morgan fingerprint density at radius 2 is 1.89 bits per heavy atom. The SMILES string of the molecule is C[C@@H]1COC2CC34C5CC(C(C)(C)C)C36C(O[C@H](O)[C@@H]6O)O[C@@]4(C(=O)O5)[C@]21O. The van der Waals surface area contributed by atoms with E-state index in [2.05, 4.69) is 20.8 Å². The molecule has 0 aromatic carbocycles. The van der Waals surface area contributed by atoms with Gasteiger partial charge in [-0.3, -0.25) is 0 Å². The lowest BCUT2D eigenvalue weighted by Gasteiger charge is -2.48. The average molecular weight is 396 g/mol. The molecule has 2 saturated carbocycles. The van der Waals surface area contributed by atoms with Crippen LogP contribution in [0.3, 0.4) is 0 Å². The van der Waals surface area contributed by atoms with E-state index in [1.54, 1.807) is 0 Å². The summed E-state index contributed by atoms with van der Waals surface area (Å²) in [6, 6.07) is 0. The fraction of sp³-hybridized carbons (Fsp3) is 0.950. The molecule has 0 amide bonds. The highest BCUT2D eigenvalue weighted by molar-refractivity contribution is 5.89. The molecule has 8 heteroatoms. The minimum atomic E-state index is -1.66. The van der Waals surface area contributed by atoms with Crippen LogP contribution in [0.4, 0.5) is 0 Å². The first-order valence-electron chi connectivity index (χ1n) is 10.2. The van der Waals surface area contributed by atoms with E-state index >= 15 is 0 Å². The number of aliphatic hydroxyl groups excluding tert-OH is 2. The van der Waals surface area contributed by atoms with Crippen LogP contribution in [0.2, 0.25) is 0 Å². The lowest BCUT2D eigenvalue weighted by molar-refractivity contribution is -0.263. The largest absolute Gasteiger partial charge is 0.459 e. The van der Waals surface area contributed by atoms with Gasteiger partial charge in [-0.2, -0.15) is 0 Å². The van der Waals surface area contributed by atoms with Crippen molar-refractivity contribution in [2.75, 3.05) is 6.61 Å². The fourth-order valence-corrected chi connectivity index (χ4v) is 8.30. The number of esters is 1. The molecule has 0 aromatic heterocycles. The molecule has 6 rings (SSSR count). The van der Waals surface area contributed by atoms with Crippen LogP contribution in [0.5, 0.6) is 0 Å². The highest BCUT2D eigenvalue weighted by Gasteiger charge is 2.99. The number of carbonyl (C=O) groups excluding carboxylic acids is 1. The Hall–Kier alpha value is -0.770. The zero-order valence-electron chi connectivity index (χ0n) is 16.5. The quantitative estimate of drug-likeness (QED) is 0.488. The van der Waals surface area contributed by atoms with Crippen LogP contribution in [0.1, 0.15) is 40.5 Å². The monoisotopic (exact) mass is 396 g/mol. The van der Waals surface area contributed by atoms with Gasteiger partial charge in [-0.05, 0) is 24.2 Å². The summed E-state index contributed by atoms with van der Waals surface area (Å²) < 4.78 is 23.9. The van der Waals surface area contributed by atoms with Crippen LogP contribution in [0, 0.1) is 28.1 Å². The molecular weight excluding hydrogens is 368 g/mol. The van der Waals surface area contributed by atoms with Gasteiger partial charge in [0.25, 0.3) is 0 Å². The van der Waals surface area contributed by atoms with Gasteiger partial charge >= 0.3 is 5.97 Å². The summed E-state index contributed by atoms with van der Waals surface area (Å²) in [5.74, 6) is -1.07. The van der Waals surface area contributed by atoms with Crippen molar-refractivity contribution in [1.29, 1.82) is 0 Å². The average Bonchev–Trinajstić information content (AvgIpc) is 3.31. The Morgan fingerprint density at radius 3 is 2.57 bits per heavy atom. The zero-order valence-corrected chi connectivity index (χ0v) is 16.5. The molecular formula is C20H28O8. The van der Waals surface area contributed by atoms with Gasteiger partial charge < -0.3 is 34.3 Å². The summed E-state index contributed by atoms with van der Waals surface area (Å²) in [4.78, 5) is 13.3. The minimum absolute atomic E-state index is 0.144. The maximum absolute atomic E-state index is 13.3. The summed E-state index contributed by atoms with van der Waals surface area (Å²) in [6.07, 6.45) is -3.90. The van der Waals surface area contributed by atoms with Crippen molar-refractivity contribution in [2.45, 2.75) is 82.6 Å². The molecule has 6 unspecified atom stereocenters. The van der Waals surface area contributed by atoms with Crippen LogP contribution in [0.25, 0.3) is 0 Å². The van der Waals surface area contributed by atoms with E-state index in [1.807, 2.05) is 6.92 Å². The van der Waals surface area contributed by atoms with Gasteiger partial charge in [0, 0.05) is 5.92 Å². The highest BCUT2D eigenvalue weighted by Crippen LogP contribution is 2.84. The van der Waals surface area contributed by atoms with E-state index in [0.29, 0.717) is 19.4 Å². The minimum Gasteiger partial charge on any atom is -0.459 e. The second-order valence-electron chi connectivity index (χ2n) is 10.8. The van der Waals surface area contributed by atoms with Crippen LogP contribution in [0.15, 0.2) is 0 Å². The van der Waals surface area contributed by atoms with Gasteiger partial charge in [-0.1, -0.05) is 27.7 Å². The Balaban J connectivity index is 1.67. The third-order valence-electron chi connectivity index (χ3n) is 9.12. The molecule has 4 saturated heterocycles. The molecule has 0 aromatic rings. The number of hydrogen-bond acceptors (Lipinski definition) is 8. The number of hydrogen-bond donors (Lipinski definition) is 3. The van der Waals surface area contributed by atoms with Gasteiger partial charge in [0.15, 0.2) is 12.6 Å². The predicted molar refractivity (Wildman–Crippen MR) is 91.5 cm³/mol. The second-order valence-corrected chi connectivity index (χ2v) is 10.8. The first-order chi connectivity index (χ1) is 13.0. The Kier molecular flexibility index (Phi) is 2.96. The highest BCUT2D eigenvalue weighted by atomic mass is 16.8. The first kappa shape index (κ1) is 18.0. The number of carbonyl (C=O) groups is 1. The van der Waals surface area contributed by atoms with Gasteiger partial charge in [-0.15, -0.1) is 0 Å². The van der Waals surface area contributed by atoms with Crippen molar-refractivity contribution in [3.8, 4) is 0 Å². The third-order valence-corrected chi connectivity index (χ3v) is 9.12. The number of fused-ring (bicyclic) bond motifs is 1. The van der Waals surface area contributed by atoms with Crippen LogP contribution >= 0.6 is 0 Å². The van der Waals surface area contributed by atoms with Crippen LogP contribution < -0.4 is 0 Å². The molecule has 4 aliphatic heterocycles. The zero-order chi connectivity index (χ0) is 20.1. The normalized spacial score (nSPS) is 64.0. The lowest BCUT2D eigenvalue weighted by Crippen LogP contribution is -2.66. The predicted octanol–water partition coefficient (Wildman–Crippen LogP) is -0.0751. The van der Waals surface area contributed by atoms with E-state index in [4.69, 9.17) is 18.9 Å². The molecule has 8 nitrogen and oxygen atoms in total. The molecule has 6 fully saturated rings. The summed E-state index contributed by atoms with van der Waals surface area (Å²) in [7, 11) is 0. The number of rotatable bonds is 0. The van der Waals surface area contributed by atoms with Crippen molar-refractivity contribution in [3.05, 3.63) is 0 Å². The van der Waals surface area contributed by atoms with Crippen LogP contribution in [-0.4, -0.2) is 70.0 Å². The third kappa shape index (κ3) is 1.34. The molecule has 156 valence electrons. The smallest absolute Gasteiger partial charge is 0.342 e. The summed E-state index contributed by atoms with van der Waals surface area (Å²) in [5, 5.41) is 33.7. The van der Waals surface area contributed by atoms with Crippen molar-refractivity contribution in [2.24, 2.45) is 28.1 Å². The van der Waals surface area contributed by atoms with E-state index in [9.17, 15) is 20.1 Å². The molecule has 0 radical (unpaired) electrons. The second kappa shape index (κ2) is 4.60. The maximum Gasteiger partial charge on any atom is 0.342 e. The van der Waals surface area contributed by atoms with E-state index in [-0.39, 0.29) is 17.3 Å². The van der Waals surface area contributed by atoms with Crippen molar-refractivity contribution >= 4 is 5.97 Å². The van der Waals surface area contributed by atoms with E-state index in [0.717, 1.165) is 0 Å². The maximum atomic E-state index is 13.3. The molecule has 0 bridgehead atoms. The lowest BCUT2D eigenvalue weighted by atomic mass is 9.51. The molecule has 4 heterocycles. The van der Waals surface area contributed by atoms with Gasteiger partial charge in [0.05, 0.1) is 23.5 Å². The number of ether oxygens (including phenoxy) is 4. The van der Waals surface area contributed by atoms with E-state index in [1.165, 1.54) is 0 Å². The first-order valence-corrected chi connectivity index (χ1v) is 10.2. The van der Waals surface area contributed by atoms with Crippen molar-refractivity contribution in [1.82, 2.24) is 0 Å². The van der Waals surface area contributed by atoms with Gasteiger partial charge in [0.1, 0.15) is 17.8 Å².